The Hall–Kier alpha value is -2.65. The molecule has 7 nitrogen and oxygen atoms in total. The normalized spacial score (nSPS) is 19.4. The number of halogens is 3. The summed E-state index contributed by atoms with van der Waals surface area (Å²) in [5, 5.41) is 9.70. The first-order valence-electron chi connectivity index (χ1n) is 12.2. The van der Waals surface area contributed by atoms with Gasteiger partial charge in [-0.1, -0.05) is 11.6 Å². The van der Waals surface area contributed by atoms with Gasteiger partial charge in [-0.3, -0.25) is 14.5 Å². The van der Waals surface area contributed by atoms with Gasteiger partial charge in [-0.25, -0.2) is 13.8 Å². The van der Waals surface area contributed by atoms with Crippen molar-refractivity contribution in [2.45, 2.75) is 57.5 Å². The molecule has 10 heteroatoms. The maximum Gasteiger partial charge on any atom is 0.263 e. The predicted octanol–water partition coefficient (Wildman–Crippen LogP) is 4.76. The summed E-state index contributed by atoms with van der Waals surface area (Å²) in [6.07, 6.45) is 6.46. The van der Waals surface area contributed by atoms with E-state index in [1.54, 1.807) is 17.3 Å². The summed E-state index contributed by atoms with van der Waals surface area (Å²) < 4.78 is 31.6. The molecule has 6 rings (SSSR count). The highest BCUT2D eigenvalue weighted by Crippen LogP contribution is 2.44. The van der Waals surface area contributed by atoms with Crippen LogP contribution in [-0.4, -0.2) is 55.2 Å². The second kappa shape index (κ2) is 8.78. The lowest BCUT2D eigenvalue weighted by Gasteiger charge is -2.33. The Morgan fingerprint density at radius 2 is 1.80 bits per heavy atom. The van der Waals surface area contributed by atoms with Gasteiger partial charge in [-0.2, -0.15) is 0 Å². The van der Waals surface area contributed by atoms with Crippen LogP contribution in [0, 0.1) is 12.8 Å². The molecule has 2 fully saturated rings. The molecule has 184 valence electrons. The van der Waals surface area contributed by atoms with Gasteiger partial charge in [0.25, 0.3) is 5.92 Å². The van der Waals surface area contributed by atoms with Crippen LogP contribution in [0.25, 0.3) is 5.69 Å². The average molecular weight is 500 g/mol. The van der Waals surface area contributed by atoms with E-state index in [9.17, 15) is 8.78 Å². The van der Waals surface area contributed by atoms with Crippen molar-refractivity contribution >= 4 is 17.4 Å². The van der Waals surface area contributed by atoms with Crippen molar-refractivity contribution in [3.63, 3.8) is 0 Å². The molecular weight excluding hydrogens is 472 g/mol. The molecule has 3 aromatic rings. The lowest BCUT2D eigenvalue weighted by atomic mass is 9.95. The summed E-state index contributed by atoms with van der Waals surface area (Å²) in [7, 11) is 0. The second-order valence-corrected chi connectivity index (χ2v) is 10.4. The molecule has 0 spiro atoms. The molecule has 1 saturated heterocycles. The van der Waals surface area contributed by atoms with Crippen LogP contribution >= 0.6 is 11.6 Å². The highest BCUT2D eigenvalue weighted by molar-refractivity contribution is 6.30. The first-order valence-corrected chi connectivity index (χ1v) is 12.6. The molecule has 2 aromatic heterocycles. The van der Waals surface area contributed by atoms with E-state index in [0.717, 1.165) is 54.5 Å². The van der Waals surface area contributed by atoms with E-state index in [4.69, 9.17) is 11.6 Å². The minimum Gasteiger partial charge on any atom is -0.355 e. The fourth-order valence-corrected chi connectivity index (χ4v) is 5.65. The number of aromatic nitrogens is 5. The van der Waals surface area contributed by atoms with Gasteiger partial charge in [0.05, 0.1) is 24.5 Å². The van der Waals surface area contributed by atoms with Crippen LogP contribution in [0.5, 0.6) is 0 Å². The molecule has 1 aromatic carbocycles. The minimum absolute atomic E-state index is 0.215. The van der Waals surface area contributed by atoms with E-state index in [0.29, 0.717) is 36.8 Å². The van der Waals surface area contributed by atoms with Crippen LogP contribution in [0.1, 0.15) is 54.5 Å². The van der Waals surface area contributed by atoms with Crippen LogP contribution in [0.3, 0.4) is 0 Å². The summed E-state index contributed by atoms with van der Waals surface area (Å²) in [6, 6.07) is 5.70. The smallest absolute Gasteiger partial charge is 0.263 e. The molecular formula is C25H28ClF2N7. The molecule has 0 amide bonds. The number of alkyl halides is 2. The zero-order chi connectivity index (χ0) is 24.2. The van der Waals surface area contributed by atoms with Gasteiger partial charge in [-0.15, -0.1) is 10.2 Å². The Balaban J connectivity index is 1.29. The van der Waals surface area contributed by atoms with Crippen LogP contribution in [-0.2, 0) is 13.1 Å². The van der Waals surface area contributed by atoms with E-state index in [1.165, 1.54) is 0 Å². The molecule has 0 bridgehead atoms. The minimum atomic E-state index is -2.69. The summed E-state index contributed by atoms with van der Waals surface area (Å²) in [4.78, 5) is 13.0. The van der Waals surface area contributed by atoms with Crippen molar-refractivity contribution in [1.82, 2.24) is 29.6 Å². The van der Waals surface area contributed by atoms with Crippen molar-refractivity contribution in [1.29, 1.82) is 0 Å². The monoisotopic (exact) mass is 499 g/mol. The number of fused-ring (bicyclic) bond motifs is 3. The third-order valence-corrected chi connectivity index (χ3v) is 7.66. The second-order valence-electron chi connectivity index (χ2n) is 9.99. The molecule has 0 atom stereocenters. The SMILES string of the molecule is Cc1nccnc1N1CCC(c2nnc3n2-c2ccc(Cl)cc2CN(CC(F)(F)C2CC2)C3)CC1. The molecule has 0 N–H and O–H groups in total. The van der Waals surface area contributed by atoms with Crippen LogP contribution < -0.4 is 4.90 Å². The zero-order valence-corrected chi connectivity index (χ0v) is 20.4. The quantitative estimate of drug-likeness (QED) is 0.504. The van der Waals surface area contributed by atoms with Gasteiger partial charge in [0, 0.05) is 48.9 Å². The van der Waals surface area contributed by atoms with Gasteiger partial charge >= 0.3 is 0 Å². The summed E-state index contributed by atoms with van der Waals surface area (Å²) in [6.45, 7) is 4.14. The lowest BCUT2D eigenvalue weighted by molar-refractivity contribution is -0.0558. The fraction of sp³-hybridized carbons (Fsp3) is 0.520. The molecule has 35 heavy (non-hydrogen) atoms. The number of piperidine rings is 1. The largest absolute Gasteiger partial charge is 0.355 e. The maximum absolute atomic E-state index is 14.7. The molecule has 3 aliphatic rings. The topological polar surface area (TPSA) is 63.0 Å². The highest BCUT2D eigenvalue weighted by atomic mass is 35.5. The number of nitrogens with zero attached hydrogens (tertiary/aromatic N) is 7. The zero-order valence-electron chi connectivity index (χ0n) is 19.7. The van der Waals surface area contributed by atoms with E-state index in [1.807, 2.05) is 25.1 Å². The molecule has 2 aliphatic heterocycles. The maximum atomic E-state index is 14.7. The van der Waals surface area contributed by atoms with Crippen LogP contribution in [0.15, 0.2) is 30.6 Å². The van der Waals surface area contributed by atoms with Gasteiger partial charge in [0.1, 0.15) is 11.6 Å². The van der Waals surface area contributed by atoms with Crippen molar-refractivity contribution in [2.24, 2.45) is 5.92 Å². The number of aryl methyl sites for hydroxylation is 1. The van der Waals surface area contributed by atoms with Gasteiger partial charge in [0.15, 0.2) is 5.82 Å². The fourth-order valence-electron chi connectivity index (χ4n) is 5.46. The highest BCUT2D eigenvalue weighted by Gasteiger charge is 2.48. The van der Waals surface area contributed by atoms with Gasteiger partial charge in [-0.05, 0) is 56.4 Å². The molecule has 0 radical (unpaired) electrons. The standard InChI is InChI=1S/C25H28ClF2N7/c1-16-23(30-9-8-29-16)34-10-6-17(7-11-34)24-32-31-22-14-33(15-25(27,28)19-2-3-19)13-18-12-20(26)4-5-21(18)35(22)24/h4-5,8-9,12,17,19H,2-3,6-7,10-11,13-15H2,1H3. The number of anilines is 1. The van der Waals surface area contributed by atoms with Crippen LogP contribution in [0.2, 0.25) is 5.02 Å². The van der Waals surface area contributed by atoms with Crippen molar-refractivity contribution in [2.75, 3.05) is 24.5 Å². The third kappa shape index (κ3) is 4.40. The number of rotatable bonds is 5. The predicted molar refractivity (Wildman–Crippen MR) is 129 cm³/mol. The Morgan fingerprint density at radius 1 is 1.03 bits per heavy atom. The lowest BCUT2D eigenvalue weighted by Crippen LogP contribution is -2.37. The third-order valence-electron chi connectivity index (χ3n) is 7.42. The summed E-state index contributed by atoms with van der Waals surface area (Å²) in [5.41, 5.74) is 2.79. The molecule has 4 heterocycles. The Morgan fingerprint density at radius 3 is 2.54 bits per heavy atom. The van der Waals surface area contributed by atoms with E-state index in [-0.39, 0.29) is 12.5 Å². The number of hydrogen-bond acceptors (Lipinski definition) is 6. The Kier molecular flexibility index (Phi) is 5.72. The first-order chi connectivity index (χ1) is 16.9. The molecule has 0 unspecified atom stereocenters. The Bertz CT molecular complexity index is 1230. The van der Waals surface area contributed by atoms with E-state index in [2.05, 4.69) is 29.6 Å². The number of benzene rings is 1. The number of hydrogen-bond donors (Lipinski definition) is 0. The Labute approximate surface area is 208 Å². The van der Waals surface area contributed by atoms with E-state index >= 15 is 0 Å². The van der Waals surface area contributed by atoms with Crippen LogP contribution in [0.4, 0.5) is 14.6 Å². The van der Waals surface area contributed by atoms with Gasteiger partial charge < -0.3 is 4.90 Å². The average Bonchev–Trinajstić information content (AvgIpc) is 3.64. The molecule has 1 saturated carbocycles. The summed E-state index contributed by atoms with van der Waals surface area (Å²) in [5.74, 6) is -0.441. The van der Waals surface area contributed by atoms with Gasteiger partial charge in [0.2, 0.25) is 0 Å². The van der Waals surface area contributed by atoms with Crippen molar-refractivity contribution < 1.29 is 8.78 Å². The summed E-state index contributed by atoms with van der Waals surface area (Å²) >= 11 is 6.32. The molecule has 1 aliphatic carbocycles. The van der Waals surface area contributed by atoms with E-state index < -0.39 is 11.8 Å². The van der Waals surface area contributed by atoms with Crippen molar-refractivity contribution in [3.05, 3.63) is 58.5 Å². The first kappa shape index (κ1) is 22.8. The van der Waals surface area contributed by atoms with Crippen molar-refractivity contribution in [3.8, 4) is 5.69 Å².